The molecule has 6 nitrogen and oxygen atoms in total. The molecule has 0 fully saturated rings. The van der Waals surface area contributed by atoms with Crippen LogP contribution >= 0.6 is 0 Å². The van der Waals surface area contributed by atoms with Gasteiger partial charge in [0.1, 0.15) is 4.90 Å². The maximum Gasteiger partial charge on any atom is 0.263 e. The van der Waals surface area contributed by atoms with E-state index in [1.807, 2.05) is 44.1 Å². The zero-order chi connectivity index (χ0) is 18.0. The number of fused-ring (bicyclic) bond motifs is 1. The van der Waals surface area contributed by atoms with Crippen LogP contribution in [0.15, 0.2) is 53.6 Å². The third-order valence-electron chi connectivity index (χ3n) is 3.69. The summed E-state index contributed by atoms with van der Waals surface area (Å²) in [5, 5.41) is 0.879. The van der Waals surface area contributed by atoms with Gasteiger partial charge >= 0.3 is 0 Å². The van der Waals surface area contributed by atoms with Crippen LogP contribution in [-0.2, 0) is 16.6 Å². The topological polar surface area (TPSA) is 75.2 Å². The van der Waals surface area contributed by atoms with Crippen LogP contribution in [0.3, 0.4) is 0 Å². The highest BCUT2D eigenvalue weighted by Crippen LogP contribution is 2.24. The van der Waals surface area contributed by atoms with Gasteiger partial charge in [-0.2, -0.15) is 0 Å². The fraction of sp³-hybridized carbons (Fsp3) is 0.222. The van der Waals surface area contributed by atoms with Gasteiger partial charge in [-0.15, -0.1) is 0 Å². The number of benzene rings is 1. The largest absolute Gasteiger partial charge is 0.304 e. The Hall–Kier alpha value is -2.51. The van der Waals surface area contributed by atoms with E-state index in [4.69, 9.17) is 0 Å². The van der Waals surface area contributed by atoms with Crippen LogP contribution < -0.4 is 4.72 Å². The zero-order valence-electron chi connectivity index (χ0n) is 14.4. The minimum Gasteiger partial charge on any atom is -0.304 e. The van der Waals surface area contributed by atoms with E-state index in [2.05, 4.69) is 14.7 Å². The minimum absolute atomic E-state index is 0.125. The number of aryl methyl sites for hydroxylation is 1. The lowest BCUT2D eigenvalue weighted by Crippen LogP contribution is -2.14. The standard InChI is InChI=1S/C18H20N4O2S/c1-13-7-10-16(11-19-13)25(23,24)21-17-6-4-5-14-8-9-15(12-22(2)3)20-18(14)17/h4-11,21H,12H2,1-3H3. The van der Waals surface area contributed by atoms with Crippen molar-refractivity contribution in [3.63, 3.8) is 0 Å². The summed E-state index contributed by atoms with van der Waals surface area (Å²) in [5.41, 5.74) is 2.73. The molecule has 0 bridgehead atoms. The minimum atomic E-state index is -3.72. The summed E-state index contributed by atoms with van der Waals surface area (Å²) < 4.78 is 27.9. The third-order valence-corrected chi connectivity index (χ3v) is 5.05. The molecule has 0 atom stereocenters. The van der Waals surface area contributed by atoms with Gasteiger partial charge in [-0.1, -0.05) is 18.2 Å². The lowest BCUT2D eigenvalue weighted by molar-refractivity contribution is 0.397. The average Bonchev–Trinajstić information content (AvgIpc) is 2.55. The number of hydrogen-bond donors (Lipinski definition) is 1. The molecule has 0 saturated carbocycles. The molecule has 0 saturated heterocycles. The summed E-state index contributed by atoms with van der Waals surface area (Å²) in [6, 6.07) is 12.5. The van der Waals surface area contributed by atoms with Gasteiger partial charge < -0.3 is 4.90 Å². The van der Waals surface area contributed by atoms with Gasteiger partial charge in [0.2, 0.25) is 0 Å². The maximum absolute atomic E-state index is 12.6. The molecular formula is C18H20N4O2S. The number of pyridine rings is 2. The Morgan fingerprint density at radius 1 is 1.08 bits per heavy atom. The summed E-state index contributed by atoms with van der Waals surface area (Å²) in [7, 11) is 0.206. The fourth-order valence-electron chi connectivity index (χ4n) is 2.50. The molecule has 25 heavy (non-hydrogen) atoms. The van der Waals surface area contributed by atoms with Crippen molar-refractivity contribution < 1.29 is 8.42 Å². The molecule has 0 aliphatic carbocycles. The molecule has 0 aliphatic rings. The number of hydrogen-bond acceptors (Lipinski definition) is 5. The first-order chi connectivity index (χ1) is 11.8. The molecule has 0 spiro atoms. The summed E-state index contributed by atoms with van der Waals surface area (Å²) in [6.45, 7) is 2.49. The van der Waals surface area contributed by atoms with E-state index in [1.165, 1.54) is 6.20 Å². The normalized spacial score (nSPS) is 11.8. The van der Waals surface area contributed by atoms with Crippen molar-refractivity contribution >= 4 is 26.6 Å². The van der Waals surface area contributed by atoms with Gasteiger partial charge in [-0.25, -0.2) is 13.4 Å². The van der Waals surface area contributed by atoms with Gasteiger partial charge in [0.05, 0.1) is 16.9 Å². The second kappa shape index (κ2) is 6.78. The van der Waals surface area contributed by atoms with Crippen molar-refractivity contribution in [2.24, 2.45) is 0 Å². The Balaban J connectivity index is 2.01. The Kier molecular flexibility index (Phi) is 4.69. The van der Waals surface area contributed by atoms with Crippen molar-refractivity contribution in [3.05, 3.63) is 60.0 Å². The Morgan fingerprint density at radius 2 is 1.88 bits per heavy atom. The van der Waals surface area contributed by atoms with Crippen LogP contribution in [0, 0.1) is 6.92 Å². The van der Waals surface area contributed by atoms with E-state index < -0.39 is 10.0 Å². The van der Waals surface area contributed by atoms with Gasteiger partial charge in [0.15, 0.2) is 0 Å². The van der Waals surface area contributed by atoms with Crippen molar-refractivity contribution in [3.8, 4) is 0 Å². The molecule has 1 N–H and O–H groups in total. The number of aromatic nitrogens is 2. The van der Waals surface area contributed by atoms with Gasteiger partial charge in [-0.05, 0) is 45.3 Å². The Bertz CT molecular complexity index is 999. The predicted octanol–water partition coefficient (Wildman–Crippen LogP) is 2.80. The Morgan fingerprint density at radius 3 is 2.56 bits per heavy atom. The molecule has 1 aromatic carbocycles. The van der Waals surface area contributed by atoms with E-state index in [1.54, 1.807) is 24.3 Å². The number of para-hydroxylation sites is 1. The highest BCUT2D eigenvalue weighted by atomic mass is 32.2. The molecular weight excluding hydrogens is 336 g/mol. The number of nitrogens with zero attached hydrogens (tertiary/aromatic N) is 3. The first-order valence-electron chi connectivity index (χ1n) is 7.84. The van der Waals surface area contributed by atoms with Crippen LogP contribution in [-0.4, -0.2) is 37.4 Å². The van der Waals surface area contributed by atoms with Crippen LogP contribution in [0.1, 0.15) is 11.4 Å². The number of rotatable bonds is 5. The number of anilines is 1. The molecule has 7 heteroatoms. The van der Waals surface area contributed by atoms with Crippen LogP contribution in [0.4, 0.5) is 5.69 Å². The Labute approximate surface area is 147 Å². The first kappa shape index (κ1) is 17.3. The predicted molar refractivity (Wildman–Crippen MR) is 98.9 cm³/mol. The molecule has 0 aliphatic heterocycles. The average molecular weight is 356 g/mol. The van der Waals surface area contributed by atoms with Gasteiger partial charge in [0.25, 0.3) is 10.0 Å². The van der Waals surface area contributed by atoms with E-state index in [-0.39, 0.29) is 4.90 Å². The molecule has 130 valence electrons. The zero-order valence-corrected chi connectivity index (χ0v) is 15.2. The molecule has 2 aromatic heterocycles. The maximum atomic E-state index is 12.6. The van der Waals surface area contributed by atoms with Gasteiger partial charge in [-0.3, -0.25) is 9.71 Å². The molecule has 3 rings (SSSR count). The van der Waals surface area contributed by atoms with Gasteiger partial charge in [0, 0.05) is 23.8 Å². The lowest BCUT2D eigenvalue weighted by atomic mass is 10.2. The summed E-state index contributed by atoms with van der Waals surface area (Å²) in [6.07, 6.45) is 1.35. The van der Waals surface area contributed by atoms with Crippen molar-refractivity contribution in [2.75, 3.05) is 18.8 Å². The summed E-state index contributed by atoms with van der Waals surface area (Å²) >= 11 is 0. The van der Waals surface area contributed by atoms with Crippen molar-refractivity contribution in [1.82, 2.24) is 14.9 Å². The quantitative estimate of drug-likeness (QED) is 0.761. The van der Waals surface area contributed by atoms with E-state index >= 15 is 0 Å². The molecule has 0 radical (unpaired) electrons. The van der Waals surface area contributed by atoms with Crippen LogP contribution in [0.5, 0.6) is 0 Å². The van der Waals surface area contributed by atoms with Crippen LogP contribution in [0.25, 0.3) is 10.9 Å². The second-order valence-corrected chi connectivity index (χ2v) is 7.84. The van der Waals surface area contributed by atoms with E-state index in [0.717, 1.165) is 16.8 Å². The van der Waals surface area contributed by atoms with E-state index in [0.29, 0.717) is 17.7 Å². The fourth-order valence-corrected chi connectivity index (χ4v) is 3.51. The highest BCUT2D eigenvalue weighted by molar-refractivity contribution is 7.92. The second-order valence-electron chi connectivity index (χ2n) is 6.16. The van der Waals surface area contributed by atoms with Crippen molar-refractivity contribution in [2.45, 2.75) is 18.4 Å². The highest BCUT2D eigenvalue weighted by Gasteiger charge is 2.16. The summed E-state index contributed by atoms with van der Waals surface area (Å²) in [4.78, 5) is 10.8. The number of sulfonamides is 1. The molecule has 0 amide bonds. The summed E-state index contributed by atoms with van der Waals surface area (Å²) in [5.74, 6) is 0. The van der Waals surface area contributed by atoms with E-state index in [9.17, 15) is 8.42 Å². The van der Waals surface area contributed by atoms with Crippen LogP contribution in [0.2, 0.25) is 0 Å². The van der Waals surface area contributed by atoms with Crippen molar-refractivity contribution in [1.29, 1.82) is 0 Å². The molecule has 0 unspecified atom stereocenters. The molecule has 3 aromatic rings. The first-order valence-corrected chi connectivity index (χ1v) is 9.32. The SMILES string of the molecule is Cc1ccc(S(=O)(=O)Nc2cccc3ccc(CN(C)C)nc23)cn1. The monoisotopic (exact) mass is 356 g/mol. The number of nitrogens with one attached hydrogen (secondary N) is 1. The smallest absolute Gasteiger partial charge is 0.263 e. The molecule has 2 heterocycles. The lowest BCUT2D eigenvalue weighted by Gasteiger charge is -2.13. The third kappa shape index (κ3) is 3.94.